The minimum Gasteiger partial charge on any atom is -0.351 e. The maximum Gasteiger partial charge on any atom is 0.417 e. The lowest BCUT2D eigenvalue weighted by molar-refractivity contribution is -0.137. The van der Waals surface area contributed by atoms with E-state index in [0.717, 1.165) is 18.7 Å². The van der Waals surface area contributed by atoms with Crippen molar-refractivity contribution in [1.82, 2.24) is 14.7 Å². The summed E-state index contributed by atoms with van der Waals surface area (Å²) in [6.45, 7) is 4.18. The number of hydrogen-bond acceptors (Lipinski definition) is 2. The van der Waals surface area contributed by atoms with E-state index in [1.165, 1.54) is 10.5 Å². The number of amides is 1. The zero-order chi connectivity index (χ0) is 15.6. The van der Waals surface area contributed by atoms with Crippen molar-refractivity contribution >= 4 is 11.6 Å². The van der Waals surface area contributed by atoms with Gasteiger partial charge in [0.25, 0.3) is 5.91 Å². The average molecular weight is 299 g/mol. The first kappa shape index (κ1) is 15.3. The summed E-state index contributed by atoms with van der Waals surface area (Å²) in [6, 6.07) is 2.24. The quantitative estimate of drug-likeness (QED) is 0.943. The highest BCUT2D eigenvalue weighted by Crippen LogP contribution is 2.29. The Morgan fingerprint density at radius 1 is 1.33 bits per heavy atom. The van der Waals surface area contributed by atoms with Crippen LogP contribution < -0.4 is 5.32 Å². The topological polar surface area (TPSA) is 46.4 Å². The Morgan fingerprint density at radius 3 is 2.62 bits per heavy atom. The van der Waals surface area contributed by atoms with E-state index >= 15 is 0 Å². The highest BCUT2D eigenvalue weighted by Gasteiger charge is 2.31. The van der Waals surface area contributed by atoms with Crippen LogP contribution in [-0.2, 0) is 12.6 Å². The molecule has 0 saturated carbocycles. The monoisotopic (exact) mass is 299 g/mol. The van der Waals surface area contributed by atoms with Crippen LogP contribution in [0.2, 0.25) is 0 Å². The van der Waals surface area contributed by atoms with Gasteiger partial charge in [-0.25, -0.2) is 4.98 Å². The molecule has 2 rings (SSSR count). The SMILES string of the molecule is CCCNC(=O)c1c(CC)nc2ccc(C(F)(F)F)cn12. The van der Waals surface area contributed by atoms with E-state index in [4.69, 9.17) is 0 Å². The molecular weight excluding hydrogens is 283 g/mol. The van der Waals surface area contributed by atoms with Crippen molar-refractivity contribution in [2.75, 3.05) is 6.54 Å². The van der Waals surface area contributed by atoms with Crippen LogP contribution in [0.15, 0.2) is 18.3 Å². The molecule has 0 atom stereocenters. The number of pyridine rings is 1. The molecule has 0 saturated heterocycles. The standard InChI is InChI=1S/C14H16F3N3O/c1-3-7-18-13(21)12-10(4-2)19-11-6-5-9(8-20(11)12)14(15,16)17/h5-6,8H,3-4,7H2,1-2H3,(H,18,21). The van der Waals surface area contributed by atoms with Gasteiger partial charge >= 0.3 is 6.18 Å². The van der Waals surface area contributed by atoms with Gasteiger partial charge in [0.2, 0.25) is 0 Å². The summed E-state index contributed by atoms with van der Waals surface area (Å²) in [5, 5.41) is 2.68. The molecule has 0 aromatic carbocycles. The van der Waals surface area contributed by atoms with Crippen molar-refractivity contribution in [2.24, 2.45) is 0 Å². The van der Waals surface area contributed by atoms with Crippen molar-refractivity contribution in [3.63, 3.8) is 0 Å². The molecule has 2 aromatic rings. The van der Waals surface area contributed by atoms with Crippen LogP contribution in [-0.4, -0.2) is 21.8 Å². The predicted octanol–water partition coefficient (Wildman–Crippen LogP) is 3.06. The second-order valence-electron chi connectivity index (χ2n) is 4.66. The second kappa shape index (κ2) is 5.75. The largest absolute Gasteiger partial charge is 0.417 e. The van der Waals surface area contributed by atoms with Crippen LogP contribution in [0.5, 0.6) is 0 Å². The molecule has 0 aliphatic heterocycles. The third kappa shape index (κ3) is 3.01. The number of nitrogens with one attached hydrogen (secondary N) is 1. The summed E-state index contributed by atoms with van der Waals surface area (Å²) < 4.78 is 39.6. The Balaban J connectivity index is 2.57. The molecule has 0 fully saturated rings. The molecule has 0 aliphatic rings. The first-order chi connectivity index (χ1) is 9.88. The summed E-state index contributed by atoms with van der Waals surface area (Å²) in [7, 11) is 0. The van der Waals surface area contributed by atoms with Gasteiger partial charge in [-0.1, -0.05) is 13.8 Å². The summed E-state index contributed by atoms with van der Waals surface area (Å²) >= 11 is 0. The summed E-state index contributed by atoms with van der Waals surface area (Å²) in [4.78, 5) is 16.4. The number of carbonyl (C=O) groups is 1. The first-order valence-electron chi connectivity index (χ1n) is 6.74. The zero-order valence-corrected chi connectivity index (χ0v) is 11.8. The molecule has 1 amide bonds. The lowest BCUT2D eigenvalue weighted by Crippen LogP contribution is -2.26. The molecule has 114 valence electrons. The molecule has 0 spiro atoms. The van der Waals surface area contributed by atoms with E-state index in [9.17, 15) is 18.0 Å². The van der Waals surface area contributed by atoms with Gasteiger partial charge in [0, 0.05) is 12.7 Å². The van der Waals surface area contributed by atoms with E-state index in [-0.39, 0.29) is 5.69 Å². The van der Waals surface area contributed by atoms with E-state index in [1.807, 2.05) is 13.8 Å². The van der Waals surface area contributed by atoms with Crippen LogP contribution in [0.25, 0.3) is 5.65 Å². The summed E-state index contributed by atoms with van der Waals surface area (Å²) in [5.41, 5.74) is 0.191. The predicted molar refractivity (Wildman–Crippen MR) is 72.2 cm³/mol. The van der Waals surface area contributed by atoms with E-state index in [1.54, 1.807) is 0 Å². The van der Waals surface area contributed by atoms with Crippen LogP contribution in [0, 0.1) is 0 Å². The van der Waals surface area contributed by atoms with E-state index in [2.05, 4.69) is 10.3 Å². The fourth-order valence-electron chi connectivity index (χ4n) is 2.07. The number of rotatable bonds is 4. The van der Waals surface area contributed by atoms with Crippen molar-refractivity contribution < 1.29 is 18.0 Å². The van der Waals surface area contributed by atoms with Crippen molar-refractivity contribution in [1.29, 1.82) is 0 Å². The molecule has 21 heavy (non-hydrogen) atoms. The number of hydrogen-bond donors (Lipinski definition) is 1. The van der Waals surface area contributed by atoms with Gasteiger partial charge in [0.1, 0.15) is 11.3 Å². The fraction of sp³-hybridized carbons (Fsp3) is 0.429. The lowest BCUT2D eigenvalue weighted by atomic mass is 10.2. The number of halogens is 3. The van der Waals surface area contributed by atoms with Crippen molar-refractivity contribution in [3.05, 3.63) is 35.3 Å². The third-order valence-corrected chi connectivity index (χ3v) is 3.10. The Hall–Kier alpha value is -2.05. The highest BCUT2D eigenvalue weighted by atomic mass is 19.4. The average Bonchev–Trinajstić information content (AvgIpc) is 2.81. The molecule has 0 radical (unpaired) electrons. The molecule has 0 unspecified atom stereocenters. The molecule has 2 aromatic heterocycles. The number of imidazole rings is 1. The zero-order valence-electron chi connectivity index (χ0n) is 11.8. The van der Waals surface area contributed by atoms with Crippen molar-refractivity contribution in [2.45, 2.75) is 32.9 Å². The smallest absolute Gasteiger partial charge is 0.351 e. The minimum absolute atomic E-state index is 0.173. The van der Waals surface area contributed by atoms with Gasteiger partial charge < -0.3 is 5.32 Å². The van der Waals surface area contributed by atoms with Crippen LogP contribution in [0.3, 0.4) is 0 Å². The molecule has 1 N–H and O–H groups in total. The number of aryl methyl sites for hydroxylation is 1. The van der Waals surface area contributed by atoms with Crippen LogP contribution >= 0.6 is 0 Å². The molecule has 0 bridgehead atoms. The summed E-state index contributed by atoms with van der Waals surface area (Å²) in [6.07, 6.45) is -2.32. The fourth-order valence-corrected chi connectivity index (χ4v) is 2.07. The van der Waals surface area contributed by atoms with Crippen LogP contribution in [0.1, 0.15) is 42.0 Å². The third-order valence-electron chi connectivity index (χ3n) is 3.10. The van der Waals surface area contributed by atoms with E-state index in [0.29, 0.717) is 24.3 Å². The van der Waals surface area contributed by atoms with Gasteiger partial charge in [-0.3, -0.25) is 9.20 Å². The second-order valence-corrected chi connectivity index (χ2v) is 4.66. The minimum atomic E-state index is -4.46. The van der Waals surface area contributed by atoms with Gasteiger partial charge in [-0.2, -0.15) is 13.2 Å². The first-order valence-corrected chi connectivity index (χ1v) is 6.74. The Morgan fingerprint density at radius 2 is 2.05 bits per heavy atom. The molecule has 4 nitrogen and oxygen atoms in total. The summed E-state index contributed by atoms with van der Waals surface area (Å²) in [5.74, 6) is -0.402. The molecule has 2 heterocycles. The van der Waals surface area contributed by atoms with Gasteiger partial charge in [0.15, 0.2) is 0 Å². The lowest BCUT2D eigenvalue weighted by Gasteiger charge is -2.09. The van der Waals surface area contributed by atoms with Gasteiger partial charge in [-0.05, 0) is 25.0 Å². The highest BCUT2D eigenvalue weighted by molar-refractivity contribution is 5.94. The number of carbonyl (C=O) groups excluding carboxylic acids is 1. The van der Waals surface area contributed by atoms with Crippen molar-refractivity contribution in [3.8, 4) is 0 Å². The maximum absolute atomic E-state index is 12.8. The molecule has 0 aliphatic carbocycles. The van der Waals surface area contributed by atoms with Gasteiger partial charge in [-0.15, -0.1) is 0 Å². The number of nitrogens with zero attached hydrogens (tertiary/aromatic N) is 2. The van der Waals surface area contributed by atoms with E-state index < -0.39 is 17.6 Å². The Labute approximate surface area is 120 Å². The molecule has 7 heteroatoms. The Kier molecular flexibility index (Phi) is 4.20. The number of fused-ring (bicyclic) bond motifs is 1. The Bertz CT molecular complexity index is 661. The maximum atomic E-state index is 12.8. The number of aromatic nitrogens is 2. The number of alkyl halides is 3. The van der Waals surface area contributed by atoms with Gasteiger partial charge in [0.05, 0.1) is 11.3 Å². The normalized spacial score (nSPS) is 11.9. The van der Waals surface area contributed by atoms with Crippen LogP contribution in [0.4, 0.5) is 13.2 Å². The molecular formula is C14H16F3N3O.